The van der Waals surface area contributed by atoms with E-state index >= 15 is 0 Å². The van der Waals surface area contributed by atoms with Crippen LogP contribution in [0.4, 0.5) is 5.69 Å². The minimum atomic E-state index is -1.17. The van der Waals surface area contributed by atoms with Gasteiger partial charge >= 0.3 is 5.97 Å². The van der Waals surface area contributed by atoms with E-state index in [-0.39, 0.29) is 22.6 Å². The number of amides is 2. The van der Waals surface area contributed by atoms with Gasteiger partial charge in [-0.25, -0.2) is 4.79 Å². The van der Waals surface area contributed by atoms with E-state index in [1.165, 1.54) is 37.3 Å². The summed E-state index contributed by atoms with van der Waals surface area (Å²) in [5, 5.41) is 10.8. The first-order chi connectivity index (χ1) is 11.9. The van der Waals surface area contributed by atoms with Crippen molar-refractivity contribution in [2.24, 2.45) is 0 Å². The van der Waals surface area contributed by atoms with Gasteiger partial charge in [0.15, 0.2) is 0 Å². The Hall–Kier alpha value is -3.55. The normalized spacial score (nSPS) is 14.2. The van der Waals surface area contributed by atoms with Crippen molar-refractivity contribution < 1.29 is 24.0 Å². The molecular formula is C17H12N2O6. The molecule has 126 valence electrons. The molecule has 0 aromatic heterocycles. The first kappa shape index (κ1) is 16.3. The Morgan fingerprint density at radius 3 is 2.24 bits per heavy atom. The molecule has 0 aliphatic carbocycles. The predicted molar refractivity (Wildman–Crippen MR) is 85.1 cm³/mol. The topological polar surface area (TPSA) is 107 Å². The van der Waals surface area contributed by atoms with Crippen LogP contribution in [-0.2, 0) is 4.79 Å². The molecule has 0 N–H and O–H groups in total. The summed E-state index contributed by atoms with van der Waals surface area (Å²) in [6.45, 7) is 1.36. The molecule has 8 nitrogen and oxygen atoms in total. The average Bonchev–Trinajstić information content (AvgIpc) is 2.86. The van der Waals surface area contributed by atoms with Crippen LogP contribution in [-0.4, -0.2) is 33.6 Å². The third kappa shape index (κ3) is 2.85. The molecular weight excluding hydrogens is 328 g/mol. The van der Waals surface area contributed by atoms with Gasteiger partial charge in [-0.15, -0.1) is 0 Å². The SMILES string of the molecule is C[C@@H](C(=O)Oc1cccc([N+](=O)[O-])c1)N1C(=O)c2ccccc2C1=O. The summed E-state index contributed by atoms with van der Waals surface area (Å²) in [4.78, 5) is 48.0. The first-order valence-corrected chi connectivity index (χ1v) is 7.33. The molecule has 1 heterocycles. The van der Waals surface area contributed by atoms with Gasteiger partial charge < -0.3 is 4.74 Å². The number of benzene rings is 2. The fourth-order valence-corrected chi connectivity index (χ4v) is 2.53. The van der Waals surface area contributed by atoms with Crippen LogP contribution in [0.25, 0.3) is 0 Å². The summed E-state index contributed by atoms with van der Waals surface area (Å²) < 4.78 is 5.09. The van der Waals surface area contributed by atoms with Crippen molar-refractivity contribution in [1.82, 2.24) is 4.90 Å². The van der Waals surface area contributed by atoms with Gasteiger partial charge in [0.1, 0.15) is 11.8 Å². The molecule has 0 radical (unpaired) electrons. The molecule has 0 bridgehead atoms. The van der Waals surface area contributed by atoms with Gasteiger partial charge in [0.25, 0.3) is 17.5 Å². The van der Waals surface area contributed by atoms with Crippen molar-refractivity contribution in [3.05, 3.63) is 69.8 Å². The summed E-state index contributed by atoms with van der Waals surface area (Å²) in [6.07, 6.45) is 0. The number of nitrogens with zero attached hydrogens (tertiary/aromatic N) is 2. The summed E-state index contributed by atoms with van der Waals surface area (Å²) in [6, 6.07) is 10.2. The lowest BCUT2D eigenvalue weighted by atomic mass is 10.1. The third-order valence-electron chi connectivity index (χ3n) is 3.80. The highest BCUT2D eigenvalue weighted by molar-refractivity contribution is 6.22. The highest BCUT2D eigenvalue weighted by Gasteiger charge is 2.41. The number of hydrogen-bond donors (Lipinski definition) is 0. The largest absolute Gasteiger partial charge is 0.425 e. The van der Waals surface area contributed by atoms with Gasteiger partial charge in [0.2, 0.25) is 0 Å². The molecule has 2 amide bonds. The van der Waals surface area contributed by atoms with Crippen LogP contribution in [0.3, 0.4) is 0 Å². The van der Waals surface area contributed by atoms with Gasteiger partial charge in [0, 0.05) is 6.07 Å². The monoisotopic (exact) mass is 340 g/mol. The van der Waals surface area contributed by atoms with Crippen molar-refractivity contribution in [2.45, 2.75) is 13.0 Å². The number of non-ortho nitro benzene ring substituents is 1. The minimum absolute atomic E-state index is 0.0392. The fourth-order valence-electron chi connectivity index (χ4n) is 2.53. The average molecular weight is 340 g/mol. The Kier molecular flexibility index (Phi) is 4.02. The van der Waals surface area contributed by atoms with Crippen LogP contribution in [0.1, 0.15) is 27.6 Å². The maximum absolute atomic E-state index is 12.4. The lowest BCUT2D eigenvalue weighted by molar-refractivity contribution is -0.384. The van der Waals surface area contributed by atoms with E-state index in [4.69, 9.17) is 4.74 Å². The summed E-state index contributed by atoms with van der Waals surface area (Å²) in [7, 11) is 0. The molecule has 25 heavy (non-hydrogen) atoms. The first-order valence-electron chi connectivity index (χ1n) is 7.33. The van der Waals surface area contributed by atoms with Crippen LogP contribution in [0.5, 0.6) is 5.75 Å². The Morgan fingerprint density at radius 1 is 1.08 bits per heavy atom. The molecule has 0 saturated heterocycles. The molecule has 1 aliphatic heterocycles. The van der Waals surface area contributed by atoms with E-state index in [1.807, 2.05) is 0 Å². The summed E-state index contributed by atoms with van der Waals surface area (Å²) in [5.41, 5.74) is 0.212. The third-order valence-corrected chi connectivity index (χ3v) is 3.80. The number of imide groups is 1. The smallest absolute Gasteiger partial charge is 0.334 e. The van der Waals surface area contributed by atoms with Crippen molar-refractivity contribution in [2.75, 3.05) is 0 Å². The highest BCUT2D eigenvalue weighted by atomic mass is 16.6. The Bertz CT molecular complexity index is 873. The predicted octanol–water partition coefficient (Wildman–Crippen LogP) is 2.18. The molecule has 0 fully saturated rings. The zero-order chi connectivity index (χ0) is 18.1. The highest BCUT2D eigenvalue weighted by Crippen LogP contribution is 2.26. The molecule has 1 aliphatic rings. The lowest BCUT2D eigenvalue weighted by Crippen LogP contribution is -2.44. The van der Waals surface area contributed by atoms with Crippen LogP contribution in [0.2, 0.25) is 0 Å². The van der Waals surface area contributed by atoms with Crippen molar-refractivity contribution in [3.8, 4) is 5.75 Å². The molecule has 2 aromatic carbocycles. The van der Waals surface area contributed by atoms with E-state index in [0.29, 0.717) is 0 Å². The van der Waals surface area contributed by atoms with E-state index in [9.17, 15) is 24.5 Å². The number of nitro groups is 1. The molecule has 0 spiro atoms. The van der Waals surface area contributed by atoms with Crippen LogP contribution >= 0.6 is 0 Å². The Balaban J connectivity index is 1.80. The molecule has 3 rings (SSSR count). The van der Waals surface area contributed by atoms with Gasteiger partial charge in [-0.05, 0) is 25.1 Å². The number of nitro benzene ring substituents is 1. The van der Waals surface area contributed by atoms with Crippen LogP contribution in [0, 0.1) is 10.1 Å². The second kappa shape index (κ2) is 6.16. The second-order valence-electron chi connectivity index (χ2n) is 5.38. The van der Waals surface area contributed by atoms with E-state index in [0.717, 1.165) is 11.0 Å². The van der Waals surface area contributed by atoms with E-state index in [2.05, 4.69) is 0 Å². The zero-order valence-electron chi connectivity index (χ0n) is 13.0. The number of ether oxygens (including phenoxy) is 1. The minimum Gasteiger partial charge on any atom is -0.425 e. The van der Waals surface area contributed by atoms with Crippen LogP contribution in [0.15, 0.2) is 48.5 Å². The maximum Gasteiger partial charge on any atom is 0.334 e. The molecule has 8 heteroatoms. The molecule has 0 unspecified atom stereocenters. The number of rotatable bonds is 4. The van der Waals surface area contributed by atoms with Crippen molar-refractivity contribution in [1.29, 1.82) is 0 Å². The van der Waals surface area contributed by atoms with E-state index in [1.54, 1.807) is 12.1 Å². The van der Waals surface area contributed by atoms with E-state index < -0.39 is 28.7 Å². The van der Waals surface area contributed by atoms with Crippen LogP contribution < -0.4 is 4.74 Å². The van der Waals surface area contributed by atoms with Gasteiger partial charge in [-0.3, -0.25) is 24.6 Å². The number of fused-ring (bicyclic) bond motifs is 1. The number of esters is 1. The van der Waals surface area contributed by atoms with Gasteiger partial charge in [-0.1, -0.05) is 18.2 Å². The number of hydrogen-bond acceptors (Lipinski definition) is 6. The standard InChI is InChI=1S/C17H12N2O6/c1-10(17(22)25-12-6-4-5-11(9-12)19(23)24)18-15(20)13-7-2-3-8-14(13)16(18)21/h2-10H,1H3/t10-/m0/s1. The number of carbonyl (C=O) groups excluding carboxylic acids is 3. The summed E-state index contributed by atoms with van der Waals surface area (Å²) >= 11 is 0. The number of carbonyl (C=O) groups is 3. The fraction of sp³-hybridized carbons (Fsp3) is 0.118. The maximum atomic E-state index is 12.4. The van der Waals surface area contributed by atoms with Crippen molar-refractivity contribution >= 4 is 23.5 Å². The molecule has 0 saturated carbocycles. The second-order valence-corrected chi connectivity index (χ2v) is 5.38. The Labute approximate surface area is 141 Å². The quantitative estimate of drug-likeness (QED) is 0.278. The van der Waals surface area contributed by atoms with Gasteiger partial charge in [-0.2, -0.15) is 0 Å². The molecule has 1 atom stereocenters. The molecule has 2 aromatic rings. The Morgan fingerprint density at radius 2 is 1.68 bits per heavy atom. The zero-order valence-corrected chi connectivity index (χ0v) is 13.0. The van der Waals surface area contributed by atoms with Gasteiger partial charge in [0.05, 0.1) is 22.1 Å². The summed E-state index contributed by atoms with van der Waals surface area (Å²) in [5.74, 6) is -2.06. The lowest BCUT2D eigenvalue weighted by Gasteiger charge is -2.20. The van der Waals surface area contributed by atoms with Crippen molar-refractivity contribution in [3.63, 3.8) is 0 Å².